The number of thiazole rings is 1. The molecule has 31 heavy (non-hydrogen) atoms. The molecule has 0 bridgehead atoms. The predicted molar refractivity (Wildman–Crippen MR) is 121 cm³/mol. The molecule has 0 spiro atoms. The average molecular weight is 442 g/mol. The van der Waals surface area contributed by atoms with Gasteiger partial charge < -0.3 is 14.2 Å². The van der Waals surface area contributed by atoms with Crippen molar-refractivity contribution in [2.75, 3.05) is 19.6 Å². The molecule has 0 radical (unpaired) electrons. The van der Waals surface area contributed by atoms with Gasteiger partial charge in [0.1, 0.15) is 5.75 Å². The lowest BCUT2D eigenvalue weighted by Gasteiger charge is -2.14. The normalized spacial score (nSPS) is 11.0. The van der Waals surface area contributed by atoms with Crippen molar-refractivity contribution in [2.24, 2.45) is 5.10 Å². The quantitative estimate of drug-likeness (QED) is 0.283. The minimum Gasteiger partial charge on any atom is -0.497 e. The van der Waals surface area contributed by atoms with Gasteiger partial charge in [-0.2, -0.15) is 5.10 Å². The highest BCUT2D eigenvalue weighted by Gasteiger charge is 2.23. The molecule has 0 saturated heterocycles. The van der Waals surface area contributed by atoms with Crippen molar-refractivity contribution < 1.29 is 19.1 Å². The van der Waals surface area contributed by atoms with Crippen molar-refractivity contribution in [3.05, 3.63) is 57.5 Å². The summed E-state index contributed by atoms with van der Waals surface area (Å²) in [6.45, 7) is 3.58. The third-order valence-electron chi connectivity index (χ3n) is 4.09. The van der Waals surface area contributed by atoms with E-state index in [9.17, 15) is 10.1 Å². The summed E-state index contributed by atoms with van der Waals surface area (Å²) in [5, 5.41) is 18.1. The highest BCUT2D eigenvalue weighted by molar-refractivity contribution is 7.14. The highest BCUT2D eigenvalue weighted by atomic mass is 32.1. The number of ether oxygens (including phenoxy) is 3. The van der Waals surface area contributed by atoms with E-state index in [0.717, 1.165) is 17.0 Å². The molecule has 0 aliphatic heterocycles. The van der Waals surface area contributed by atoms with E-state index >= 15 is 0 Å². The smallest absolute Gasteiger partial charge is 0.315 e. The maximum absolute atomic E-state index is 11.5. The van der Waals surface area contributed by atoms with Crippen LogP contribution in [0.25, 0.3) is 11.3 Å². The average Bonchev–Trinajstić information content (AvgIpc) is 3.22. The van der Waals surface area contributed by atoms with E-state index < -0.39 is 4.92 Å². The zero-order valence-electron chi connectivity index (χ0n) is 17.5. The van der Waals surface area contributed by atoms with E-state index in [2.05, 4.69) is 15.5 Å². The van der Waals surface area contributed by atoms with Crippen molar-refractivity contribution in [1.29, 1.82) is 0 Å². The topological polar surface area (TPSA) is 108 Å². The third-order valence-corrected chi connectivity index (χ3v) is 4.84. The molecular formula is C21H22N4O5S. The van der Waals surface area contributed by atoms with Gasteiger partial charge >= 0.3 is 5.69 Å². The van der Waals surface area contributed by atoms with Gasteiger partial charge in [-0.25, -0.2) is 4.98 Å². The summed E-state index contributed by atoms with van der Waals surface area (Å²) in [6.07, 6.45) is 1.22. The molecule has 1 aromatic heterocycles. The molecule has 0 fully saturated rings. The minimum atomic E-state index is -0.507. The number of anilines is 1. The van der Waals surface area contributed by atoms with Crippen LogP contribution in [0.3, 0.4) is 0 Å². The molecule has 9 nitrogen and oxygen atoms in total. The molecule has 3 rings (SSSR count). The summed E-state index contributed by atoms with van der Waals surface area (Å²) < 4.78 is 16.0. The predicted octanol–water partition coefficient (Wildman–Crippen LogP) is 4.97. The Labute approximate surface area is 183 Å². The summed E-state index contributed by atoms with van der Waals surface area (Å²) in [6, 6.07) is 10.6. The fraction of sp³-hybridized carbons (Fsp3) is 0.238. The third kappa shape index (κ3) is 5.48. The number of hydrogen-bond donors (Lipinski definition) is 1. The fourth-order valence-corrected chi connectivity index (χ4v) is 3.37. The number of nitrogens with one attached hydrogen (secondary N) is 1. The van der Waals surface area contributed by atoms with Crippen molar-refractivity contribution >= 4 is 28.4 Å². The van der Waals surface area contributed by atoms with Crippen LogP contribution >= 0.6 is 11.3 Å². The number of rotatable bonds is 9. The van der Waals surface area contributed by atoms with E-state index in [1.165, 1.54) is 30.7 Å². The molecule has 162 valence electrons. The van der Waals surface area contributed by atoms with Gasteiger partial charge in [0.25, 0.3) is 0 Å². The van der Waals surface area contributed by atoms with Gasteiger partial charge in [-0.15, -0.1) is 11.3 Å². The van der Waals surface area contributed by atoms with Crippen LogP contribution in [0.15, 0.2) is 46.9 Å². The molecule has 3 aromatic rings. The highest BCUT2D eigenvalue weighted by Crippen LogP contribution is 2.38. The molecule has 10 heteroatoms. The van der Waals surface area contributed by atoms with Crippen LogP contribution in [-0.4, -0.2) is 36.4 Å². The molecule has 2 aromatic carbocycles. The van der Waals surface area contributed by atoms with Crippen LogP contribution in [0.1, 0.15) is 19.4 Å². The first-order valence-corrected chi connectivity index (χ1v) is 10.2. The second-order valence-electron chi connectivity index (χ2n) is 6.63. The molecule has 0 saturated carbocycles. The number of nitro benzene ring substituents is 1. The Kier molecular flexibility index (Phi) is 7.03. The SMILES string of the molecule is COc1ccc(-c2csc(N/N=C\c3cc(OC)c(OC(C)C)c([N+](=O)[O-])c3)n2)cc1. The van der Waals surface area contributed by atoms with Crippen molar-refractivity contribution in [2.45, 2.75) is 20.0 Å². The maximum atomic E-state index is 11.5. The second kappa shape index (κ2) is 9.90. The van der Waals surface area contributed by atoms with Gasteiger partial charge in [0.2, 0.25) is 10.9 Å². The van der Waals surface area contributed by atoms with Gasteiger partial charge in [-0.3, -0.25) is 15.5 Å². The van der Waals surface area contributed by atoms with Gasteiger partial charge in [-0.1, -0.05) is 0 Å². The number of methoxy groups -OCH3 is 2. The minimum absolute atomic E-state index is 0.0941. The molecular weight excluding hydrogens is 420 g/mol. The van der Waals surface area contributed by atoms with Gasteiger partial charge in [0.15, 0.2) is 5.75 Å². The van der Waals surface area contributed by atoms with E-state index in [1.54, 1.807) is 27.0 Å². The Bertz CT molecular complexity index is 1080. The zero-order chi connectivity index (χ0) is 22.4. The maximum Gasteiger partial charge on any atom is 0.315 e. The molecule has 0 amide bonds. The van der Waals surface area contributed by atoms with Crippen LogP contribution in [0, 0.1) is 10.1 Å². The Balaban J connectivity index is 1.77. The second-order valence-corrected chi connectivity index (χ2v) is 7.49. The number of nitrogens with zero attached hydrogens (tertiary/aromatic N) is 3. The van der Waals surface area contributed by atoms with Gasteiger partial charge in [0.05, 0.1) is 37.2 Å². The lowest BCUT2D eigenvalue weighted by Crippen LogP contribution is -2.09. The summed E-state index contributed by atoms with van der Waals surface area (Å²) in [4.78, 5) is 15.5. The number of hydrazone groups is 1. The van der Waals surface area contributed by atoms with Crippen LogP contribution in [-0.2, 0) is 0 Å². The van der Waals surface area contributed by atoms with E-state index in [4.69, 9.17) is 14.2 Å². The largest absolute Gasteiger partial charge is 0.497 e. The lowest BCUT2D eigenvalue weighted by molar-refractivity contribution is -0.386. The Morgan fingerprint density at radius 2 is 1.94 bits per heavy atom. The Hall–Kier alpha value is -3.66. The Morgan fingerprint density at radius 3 is 2.55 bits per heavy atom. The molecule has 1 N–H and O–H groups in total. The number of nitro groups is 1. The molecule has 0 aliphatic rings. The Morgan fingerprint density at radius 1 is 1.19 bits per heavy atom. The monoisotopic (exact) mass is 442 g/mol. The zero-order valence-corrected chi connectivity index (χ0v) is 18.3. The van der Waals surface area contributed by atoms with Crippen LogP contribution < -0.4 is 19.6 Å². The first kappa shape index (κ1) is 22.0. The number of aromatic nitrogens is 1. The summed E-state index contributed by atoms with van der Waals surface area (Å²) in [5.41, 5.74) is 4.90. The van der Waals surface area contributed by atoms with Gasteiger partial charge in [0, 0.05) is 22.6 Å². The number of benzene rings is 2. The van der Waals surface area contributed by atoms with Crippen molar-refractivity contribution in [1.82, 2.24) is 4.98 Å². The fourth-order valence-electron chi connectivity index (χ4n) is 2.71. The number of hydrogen-bond acceptors (Lipinski definition) is 9. The standard InChI is InChI=1S/C21H22N4O5S/c1-13(2)30-20-18(25(26)27)9-14(10-19(20)29-4)11-22-24-21-23-17(12-31-21)15-5-7-16(28-3)8-6-15/h5-13H,1-4H3,(H,23,24)/b22-11-. The summed E-state index contributed by atoms with van der Waals surface area (Å²) in [7, 11) is 3.05. The van der Waals surface area contributed by atoms with E-state index in [0.29, 0.717) is 10.7 Å². The van der Waals surface area contributed by atoms with Crippen LogP contribution in [0.4, 0.5) is 10.8 Å². The van der Waals surface area contributed by atoms with Crippen molar-refractivity contribution in [3.63, 3.8) is 0 Å². The molecule has 0 aliphatic carbocycles. The first-order chi connectivity index (χ1) is 14.9. The summed E-state index contributed by atoms with van der Waals surface area (Å²) in [5.74, 6) is 1.13. The first-order valence-electron chi connectivity index (χ1n) is 9.33. The van der Waals surface area contributed by atoms with Crippen LogP contribution in [0.2, 0.25) is 0 Å². The lowest BCUT2D eigenvalue weighted by atomic mass is 10.2. The molecule has 0 atom stereocenters. The van der Waals surface area contributed by atoms with Crippen LogP contribution in [0.5, 0.6) is 17.2 Å². The van der Waals surface area contributed by atoms with Crippen molar-refractivity contribution in [3.8, 4) is 28.5 Å². The molecule has 1 heterocycles. The van der Waals surface area contributed by atoms with E-state index in [-0.39, 0.29) is 23.3 Å². The van der Waals surface area contributed by atoms with Gasteiger partial charge in [-0.05, 0) is 44.2 Å². The molecule has 0 unspecified atom stereocenters. The van der Waals surface area contributed by atoms with E-state index in [1.807, 2.05) is 29.6 Å². The summed E-state index contributed by atoms with van der Waals surface area (Å²) >= 11 is 1.39.